The fourth-order valence-corrected chi connectivity index (χ4v) is 2.34. The van der Waals surface area contributed by atoms with Crippen molar-refractivity contribution in [3.8, 4) is 0 Å². The summed E-state index contributed by atoms with van der Waals surface area (Å²) >= 11 is 0. The van der Waals surface area contributed by atoms with Crippen LogP contribution in [0, 0.1) is 0 Å². The van der Waals surface area contributed by atoms with Gasteiger partial charge in [0.1, 0.15) is 5.60 Å². The van der Waals surface area contributed by atoms with E-state index in [0.717, 1.165) is 18.2 Å². The first-order valence-corrected chi connectivity index (χ1v) is 8.94. The van der Waals surface area contributed by atoms with Crippen molar-refractivity contribution in [2.45, 2.75) is 51.8 Å². The maximum Gasteiger partial charge on any atom is 0.418 e. The molecule has 6 nitrogen and oxygen atoms in total. The van der Waals surface area contributed by atoms with E-state index in [-0.39, 0.29) is 11.3 Å². The lowest BCUT2D eigenvalue weighted by Crippen LogP contribution is -2.33. The molecule has 9 heteroatoms. The fourth-order valence-electron chi connectivity index (χ4n) is 2.34. The molecule has 1 amide bonds. The van der Waals surface area contributed by atoms with E-state index in [1.54, 1.807) is 20.8 Å². The van der Waals surface area contributed by atoms with Crippen molar-refractivity contribution in [3.05, 3.63) is 29.3 Å². The largest absolute Gasteiger partial charge is 0.465 e. The molecule has 1 aromatic rings. The summed E-state index contributed by atoms with van der Waals surface area (Å²) in [5.41, 5.74) is -1.53. The van der Waals surface area contributed by atoms with Gasteiger partial charge in [-0.1, -0.05) is 0 Å². The number of methoxy groups -OCH3 is 1. The van der Waals surface area contributed by atoms with E-state index >= 15 is 0 Å². The minimum Gasteiger partial charge on any atom is -0.465 e. The van der Waals surface area contributed by atoms with Crippen LogP contribution in [0.2, 0.25) is 0 Å². The second-order valence-corrected chi connectivity index (χ2v) is 7.17. The van der Waals surface area contributed by atoms with Gasteiger partial charge in [0.05, 0.1) is 18.2 Å². The van der Waals surface area contributed by atoms with E-state index < -0.39 is 29.4 Å². The van der Waals surface area contributed by atoms with Gasteiger partial charge in [-0.15, -0.1) is 0 Å². The van der Waals surface area contributed by atoms with Crippen LogP contribution in [0.4, 0.5) is 23.7 Å². The Balaban J connectivity index is 2.47. The highest BCUT2D eigenvalue weighted by Crippen LogP contribution is 2.35. The first-order valence-electron chi connectivity index (χ1n) is 8.94. The summed E-state index contributed by atoms with van der Waals surface area (Å²) in [5, 5.41) is 5.35. The van der Waals surface area contributed by atoms with Gasteiger partial charge in [-0.05, 0) is 58.2 Å². The quantitative estimate of drug-likeness (QED) is 0.489. The van der Waals surface area contributed by atoms with Crippen molar-refractivity contribution < 1.29 is 32.2 Å². The molecule has 0 atom stereocenters. The molecule has 28 heavy (non-hydrogen) atoms. The predicted molar refractivity (Wildman–Crippen MR) is 99.4 cm³/mol. The minimum atomic E-state index is -4.53. The van der Waals surface area contributed by atoms with Gasteiger partial charge in [0.2, 0.25) is 0 Å². The van der Waals surface area contributed by atoms with Crippen molar-refractivity contribution in [3.63, 3.8) is 0 Å². The maximum atomic E-state index is 13.1. The van der Waals surface area contributed by atoms with E-state index in [0.29, 0.717) is 32.4 Å². The number of alkyl carbamates (subject to hydrolysis) is 1. The number of carbonyl (C=O) groups excluding carboxylic acids is 2. The number of ether oxygens (including phenoxy) is 2. The summed E-state index contributed by atoms with van der Waals surface area (Å²) in [7, 11) is 1.17. The first kappa shape index (κ1) is 23.6. The van der Waals surface area contributed by atoms with Gasteiger partial charge in [0.15, 0.2) is 0 Å². The molecule has 0 spiro atoms. The molecule has 158 valence electrons. The summed E-state index contributed by atoms with van der Waals surface area (Å²) in [5.74, 6) is -0.704. The molecule has 0 aromatic heterocycles. The third kappa shape index (κ3) is 8.49. The number of unbranched alkanes of at least 4 members (excludes halogenated alkanes) is 2. The number of esters is 1. The predicted octanol–water partition coefficient (Wildman–Crippen LogP) is 4.60. The van der Waals surface area contributed by atoms with Crippen LogP contribution in [-0.4, -0.2) is 37.9 Å². The highest BCUT2D eigenvalue weighted by Gasteiger charge is 2.33. The van der Waals surface area contributed by atoms with Crippen molar-refractivity contribution in [1.82, 2.24) is 5.32 Å². The van der Waals surface area contributed by atoms with E-state index in [9.17, 15) is 22.8 Å². The lowest BCUT2D eigenvalue weighted by atomic mass is 10.1. The van der Waals surface area contributed by atoms with E-state index in [1.165, 1.54) is 7.11 Å². The fraction of sp³-hybridized carbons (Fsp3) is 0.579. The summed E-state index contributed by atoms with van der Waals surface area (Å²) in [6, 6.07) is 3.08. The molecule has 0 heterocycles. The van der Waals surface area contributed by atoms with Crippen molar-refractivity contribution in [2.24, 2.45) is 0 Å². The Bertz CT molecular complexity index is 670. The van der Waals surface area contributed by atoms with Gasteiger partial charge in [-0.3, -0.25) is 0 Å². The van der Waals surface area contributed by atoms with Crippen LogP contribution in [0.3, 0.4) is 0 Å². The molecule has 0 unspecified atom stereocenters. The van der Waals surface area contributed by atoms with Crippen LogP contribution in [0.1, 0.15) is 56.0 Å². The molecule has 2 N–H and O–H groups in total. The average molecular weight is 404 g/mol. The van der Waals surface area contributed by atoms with Crippen LogP contribution in [0.25, 0.3) is 0 Å². The van der Waals surface area contributed by atoms with Crippen molar-refractivity contribution in [2.75, 3.05) is 25.5 Å². The minimum absolute atomic E-state index is 0.0413. The van der Waals surface area contributed by atoms with E-state index in [1.807, 2.05) is 0 Å². The molecular formula is C19H27F3N2O4. The molecule has 0 bridgehead atoms. The molecule has 0 aliphatic rings. The number of alkyl halides is 3. The Morgan fingerprint density at radius 1 is 1.04 bits per heavy atom. The molecule has 0 aliphatic heterocycles. The number of benzene rings is 1. The van der Waals surface area contributed by atoms with E-state index in [2.05, 4.69) is 15.4 Å². The van der Waals surface area contributed by atoms with Gasteiger partial charge in [-0.25, -0.2) is 9.59 Å². The Hall–Kier alpha value is -2.45. The molecular weight excluding hydrogens is 377 g/mol. The second kappa shape index (κ2) is 10.2. The number of anilines is 1. The summed E-state index contributed by atoms with van der Waals surface area (Å²) in [6.45, 7) is 6.01. The van der Waals surface area contributed by atoms with Gasteiger partial charge in [0, 0.05) is 18.8 Å². The monoisotopic (exact) mass is 404 g/mol. The molecule has 0 aliphatic carbocycles. The zero-order chi connectivity index (χ0) is 21.4. The normalized spacial score (nSPS) is 11.7. The summed E-state index contributed by atoms with van der Waals surface area (Å²) < 4.78 is 49.0. The van der Waals surface area contributed by atoms with Crippen LogP contribution >= 0.6 is 0 Å². The number of hydrogen-bond donors (Lipinski definition) is 2. The number of halogens is 3. The van der Waals surface area contributed by atoms with Crippen LogP contribution in [0.15, 0.2) is 18.2 Å². The molecule has 0 saturated carbocycles. The van der Waals surface area contributed by atoms with Gasteiger partial charge in [-0.2, -0.15) is 13.2 Å². The number of amides is 1. The molecule has 1 aromatic carbocycles. The summed E-state index contributed by atoms with van der Waals surface area (Å²) in [4.78, 5) is 23.0. The molecule has 0 radical (unpaired) electrons. The third-order valence-electron chi connectivity index (χ3n) is 3.58. The van der Waals surface area contributed by atoms with Gasteiger partial charge in [0.25, 0.3) is 0 Å². The SMILES string of the molecule is COC(=O)c1ccc(C(F)(F)F)c(NCCCCCNC(=O)OC(C)(C)C)c1. The molecule has 0 saturated heterocycles. The van der Waals surface area contributed by atoms with Crippen molar-refractivity contribution >= 4 is 17.7 Å². The highest BCUT2D eigenvalue weighted by atomic mass is 19.4. The third-order valence-corrected chi connectivity index (χ3v) is 3.58. The maximum absolute atomic E-state index is 13.1. The number of rotatable bonds is 8. The number of hydrogen-bond acceptors (Lipinski definition) is 5. The zero-order valence-corrected chi connectivity index (χ0v) is 16.5. The lowest BCUT2D eigenvalue weighted by Gasteiger charge is -2.19. The van der Waals surface area contributed by atoms with Crippen molar-refractivity contribution in [1.29, 1.82) is 0 Å². The van der Waals surface area contributed by atoms with Crippen LogP contribution in [0.5, 0.6) is 0 Å². The molecule has 0 fully saturated rings. The smallest absolute Gasteiger partial charge is 0.418 e. The topological polar surface area (TPSA) is 76.7 Å². The van der Waals surface area contributed by atoms with Crippen LogP contribution in [-0.2, 0) is 15.7 Å². The lowest BCUT2D eigenvalue weighted by molar-refractivity contribution is -0.137. The standard InChI is InChI=1S/C19H27F3N2O4/c1-18(2,3)28-17(26)24-11-7-5-6-10-23-15-12-13(16(25)27-4)8-9-14(15)19(20,21)22/h8-9,12,23H,5-7,10-11H2,1-4H3,(H,24,26). The number of carbonyl (C=O) groups is 2. The Kier molecular flexibility index (Phi) is 8.59. The van der Waals surface area contributed by atoms with E-state index in [4.69, 9.17) is 4.74 Å². The second-order valence-electron chi connectivity index (χ2n) is 7.17. The Morgan fingerprint density at radius 3 is 2.25 bits per heavy atom. The Morgan fingerprint density at radius 2 is 1.68 bits per heavy atom. The number of nitrogens with one attached hydrogen (secondary N) is 2. The highest BCUT2D eigenvalue weighted by molar-refractivity contribution is 5.90. The Labute approximate surface area is 162 Å². The van der Waals surface area contributed by atoms with Gasteiger partial charge >= 0.3 is 18.2 Å². The average Bonchev–Trinajstić information content (AvgIpc) is 2.57. The molecule has 1 rings (SSSR count). The summed E-state index contributed by atoms with van der Waals surface area (Å²) in [6.07, 6.45) is -3.08. The first-order chi connectivity index (χ1) is 12.9. The van der Waals surface area contributed by atoms with Crippen LogP contribution < -0.4 is 10.6 Å². The van der Waals surface area contributed by atoms with Gasteiger partial charge < -0.3 is 20.1 Å². The zero-order valence-electron chi connectivity index (χ0n) is 16.5.